The Morgan fingerprint density at radius 1 is 1.42 bits per heavy atom. The number of hydrogen-bond donors (Lipinski definition) is 0. The molecule has 1 aliphatic heterocycles. The standard InChI is InChI=1S/C12H18N2O4S/c1-13(2)10-4-3-7-14(8-10)19(16,17)12-6-5-11(9-15)18-12/h5-6,9-10H,3-4,7-8H2,1-2H3. The van der Waals surface area contributed by atoms with Crippen LogP contribution in [0.1, 0.15) is 23.4 Å². The summed E-state index contributed by atoms with van der Waals surface area (Å²) in [5, 5.41) is -0.158. The highest BCUT2D eigenvalue weighted by Gasteiger charge is 2.33. The Morgan fingerprint density at radius 3 is 2.74 bits per heavy atom. The Kier molecular flexibility index (Phi) is 4.07. The minimum absolute atomic E-state index is 0.0275. The summed E-state index contributed by atoms with van der Waals surface area (Å²) in [4.78, 5) is 12.6. The third kappa shape index (κ3) is 2.88. The number of carbonyl (C=O) groups is 1. The highest BCUT2D eigenvalue weighted by atomic mass is 32.2. The number of piperidine rings is 1. The van der Waals surface area contributed by atoms with Crippen molar-refractivity contribution >= 4 is 16.3 Å². The zero-order chi connectivity index (χ0) is 14.0. The van der Waals surface area contributed by atoms with Crippen molar-refractivity contribution in [2.24, 2.45) is 0 Å². The van der Waals surface area contributed by atoms with Gasteiger partial charge in [0.05, 0.1) is 0 Å². The van der Waals surface area contributed by atoms with Crippen molar-refractivity contribution < 1.29 is 17.6 Å². The maximum atomic E-state index is 12.4. The molecule has 0 bridgehead atoms. The van der Waals surface area contributed by atoms with Gasteiger partial charge in [-0.15, -0.1) is 0 Å². The summed E-state index contributed by atoms with van der Waals surface area (Å²) >= 11 is 0. The molecule has 0 amide bonds. The van der Waals surface area contributed by atoms with E-state index in [0.29, 0.717) is 19.4 Å². The van der Waals surface area contributed by atoms with E-state index < -0.39 is 10.0 Å². The molecule has 1 atom stereocenters. The van der Waals surface area contributed by atoms with Crippen LogP contribution in [0.15, 0.2) is 21.6 Å². The summed E-state index contributed by atoms with van der Waals surface area (Å²) in [5.74, 6) is 0.0275. The Morgan fingerprint density at radius 2 is 2.16 bits per heavy atom. The molecular weight excluding hydrogens is 268 g/mol. The van der Waals surface area contributed by atoms with Crippen LogP contribution in [0.2, 0.25) is 0 Å². The second-order valence-electron chi connectivity index (χ2n) is 4.90. The van der Waals surface area contributed by atoms with Crippen molar-refractivity contribution in [2.45, 2.75) is 24.0 Å². The van der Waals surface area contributed by atoms with Gasteiger partial charge in [0.25, 0.3) is 10.0 Å². The third-order valence-corrected chi connectivity index (χ3v) is 5.14. The molecule has 1 unspecified atom stereocenters. The van der Waals surface area contributed by atoms with Crippen molar-refractivity contribution in [3.05, 3.63) is 17.9 Å². The van der Waals surface area contributed by atoms with Gasteiger partial charge in [-0.2, -0.15) is 4.31 Å². The highest BCUT2D eigenvalue weighted by Crippen LogP contribution is 2.23. The molecule has 0 spiro atoms. The van der Waals surface area contributed by atoms with Crippen LogP contribution in [0, 0.1) is 0 Å². The summed E-state index contributed by atoms with van der Waals surface area (Å²) in [6.45, 7) is 0.941. The van der Waals surface area contributed by atoms with Crippen molar-refractivity contribution in [3.8, 4) is 0 Å². The lowest BCUT2D eigenvalue weighted by Crippen LogP contribution is -2.47. The summed E-state index contributed by atoms with van der Waals surface area (Å²) in [6, 6.07) is 2.91. The zero-order valence-electron chi connectivity index (χ0n) is 11.1. The maximum Gasteiger partial charge on any atom is 0.276 e. The van der Waals surface area contributed by atoms with Gasteiger partial charge in [-0.25, -0.2) is 8.42 Å². The first-order valence-corrected chi connectivity index (χ1v) is 7.60. The van der Waals surface area contributed by atoms with Crippen LogP contribution >= 0.6 is 0 Å². The Bertz CT molecular complexity index is 550. The Balaban J connectivity index is 2.21. The first-order chi connectivity index (χ1) is 8.95. The molecule has 0 N–H and O–H groups in total. The quantitative estimate of drug-likeness (QED) is 0.766. The van der Waals surface area contributed by atoms with Gasteiger partial charge in [0.15, 0.2) is 12.0 Å². The summed E-state index contributed by atoms with van der Waals surface area (Å²) in [6.07, 6.45) is 2.30. The van der Waals surface area contributed by atoms with E-state index in [2.05, 4.69) is 0 Å². The molecule has 1 fully saturated rings. The summed E-state index contributed by atoms with van der Waals surface area (Å²) in [7, 11) is 0.249. The predicted molar refractivity (Wildman–Crippen MR) is 69.6 cm³/mol. The molecule has 2 heterocycles. The molecule has 6 nitrogen and oxygen atoms in total. The lowest BCUT2D eigenvalue weighted by Gasteiger charge is -2.34. The van der Waals surface area contributed by atoms with Crippen LogP contribution in [-0.4, -0.2) is 57.1 Å². The summed E-state index contributed by atoms with van der Waals surface area (Å²) < 4.78 is 31.2. The van der Waals surface area contributed by atoms with Crippen molar-refractivity contribution in [1.82, 2.24) is 9.21 Å². The van der Waals surface area contributed by atoms with Gasteiger partial charge in [-0.05, 0) is 39.1 Å². The van der Waals surface area contributed by atoms with E-state index in [4.69, 9.17) is 4.42 Å². The first kappa shape index (κ1) is 14.2. The number of nitrogens with zero attached hydrogens (tertiary/aromatic N) is 2. The van der Waals surface area contributed by atoms with Crippen LogP contribution < -0.4 is 0 Å². The fourth-order valence-electron chi connectivity index (χ4n) is 2.22. The lowest BCUT2D eigenvalue weighted by molar-refractivity contribution is 0.109. The molecule has 1 aliphatic rings. The van der Waals surface area contributed by atoms with Gasteiger partial charge in [0.1, 0.15) is 0 Å². The fraction of sp³-hybridized carbons (Fsp3) is 0.583. The number of rotatable bonds is 4. The second kappa shape index (κ2) is 5.44. The molecule has 0 saturated carbocycles. The highest BCUT2D eigenvalue weighted by molar-refractivity contribution is 7.89. The largest absolute Gasteiger partial charge is 0.440 e. The van der Waals surface area contributed by atoms with Gasteiger partial charge < -0.3 is 9.32 Å². The first-order valence-electron chi connectivity index (χ1n) is 6.16. The molecule has 1 saturated heterocycles. The van der Waals surface area contributed by atoms with Gasteiger partial charge >= 0.3 is 0 Å². The number of sulfonamides is 1. The summed E-state index contributed by atoms with van der Waals surface area (Å²) in [5.41, 5.74) is 0. The van der Waals surface area contributed by atoms with Crippen LogP contribution in [0.5, 0.6) is 0 Å². The molecule has 0 aliphatic carbocycles. The molecule has 0 radical (unpaired) electrons. The predicted octanol–water partition coefficient (Wildman–Crippen LogP) is 0.807. The smallest absolute Gasteiger partial charge is 0.276 e. The molecule has 106 valence electrons. The topological polar surface area (TPSA) is 70.8 Å². The average molecular weight is 286 g/mol. The molecule has 1 aromatic heterocycles. The third-order valence-electron chi connectivity index (χ3n) is 3.40. The van der Waals surface area contributed by atoms with E-state index in [0.717, 1.165) is 12.8 Å². The van der Waals surface area contributed by atoms with E-state index in [1.165, 1.54) is 16.4 Å². The van der Waals surface area contributed by atoms with Crippen LogP contribution in [0.3, 0.4) is 0 Å². The minimum Gasteiger partial charge on any atom is -0.440 e. The van der Waals surface area contributed by atoms with Gasteiger partial charge in [0.2, 0.25) is 5.09 Å². The van der Waals surface area contributed by atoms with Crippen molar-refractivity contribution in [3.63, 3.8) is 0 Å². The van der Waals surface area contributed by atoms with E-state index in [9.17, 15) is 13.2 Å². The van der Waals surface area contributed by atoms with Gasteiger partial charge in [0, 0.05) is 19.1 Å². The Labute approximate surface area is 113 Å². The zero-order valence-corrected chi connectivity index (χ0v) is 11.9. The van der Waals surface area contributed by atoms with Gasteiger partial charge in [-0.3, -0.25) is 4.79 Å². The normalized spacial score (nSPS) is 21.7. The monoisotopic (exact) mass is 286 g/mol. The molecule has 0 aromatic carbocycles. The van der Waals surface area contributed by atoms with E-state index in [-0.39, 0.29) is 16.9 Å². The number of aldehydes is 1. The van der Waals surface area contributed by atoms with Crippen LogP contribution in [0.25, 0.3) is 0 Å². The molecule has 2 rings (SSSR count). The van der Waals surface area contributed by atoms with Crippen LogP contribution in [0.4, 0.5) is 0 Å². The SMILES string of the molecule is CN(C)C1CCCN(S(=O)(=O)c2ccc(C=O)o2)C1. The minimum atomic E-state index is -3.64. The fourth-order valence-corrected chi connectivity index (χ4v) is 3.66. The van der Waals surface area contributed by atoms with Crippen molar-refractivity contribution in [2.75, 3.05) is 27.2 Å². The van der Waals surface area contributed by atoms with Crippen molar-refractivity contribution in [1.29, 1.82) is 0 Å². The Hall–Kier alpha value is -1.18. The lowest BCUT2D eigenvalue weighted by atomic mass is 10.1. The average Bonchev–Trinajstić information content (AvgIpc) is 2.88. The molecule has 19 heavy (non-hydrogen) atoms. The molecular formula is C12H18N2O4S. The molecule has 1 aromatic rings. The van der Waals surface area contributed by atoms with Gasteiger partial charge in [-0.1, -0.05) is 0 Å². The maximum absolute atomic E-state index is 12.4. The molecule has 7 heteroatoms. The number of carbonyl (C=O) groups excluding carboxylic acids is 1. The number of furan rings is 1. The van der Waals surface area contributed by atoms with E-state index in [1.54, 1.807) is 0 Å². The van der Waals surface area contributed by atoms with E-state index in [1.807, 2.05) is 19.0 Å². The van der Waals surface area contributed by atoms with Crippen LogP contribution in [-0.2, 0) is 10.0 Å². The van der Waals surface area contributed by atoms with E-state index >= 15 is 0 Å². The second-order valence-corrected chi connectivity index (χ2v) is 6.77. The number of hydrogen-bond acceptors (Lipinski definition) is 5. The number of likely N-dealkylation sites (N-methyl/N-ethyl adjacent to an activating group) is 1.